The molecule has 0 aliphatic heterocycles. The fraction of sp³-hybridized carbons (Fsp3) is 0.222. The first-order chi connectivity index (χ1) is 11.8. The van der Waals surface area contributed by atoms with Crippen molar-refractivity contribution in [2.75, 3.05) is 5.32 Å². The number of fused-ring (bicyclic) bond motifs is 1. The highest BCUT2D eigenvalue weighted by Crippen LogP contribution is 2.30. The Bertz CT molecular complexity index is 915. The van der Waals surface area contributed by atoms with Crippen molar-refractivity contribution in [1.82, 2.24) is 9.55 Å². The van der Waals surface area contributed by atoms with E-state index < -0.39 is 11.7 Å². The number of anilines is 1. The zero-order valence-electron chi connectivity index (χ0n) is 13.5. The van der Waals surface area contributed by atoms with Gasteiger partial charge in [0.15, 0.2) is 0 Å². The van der Waals surface area contributed by atoms with Crippen molar-refractivity contribution < 1.29 is 18.0 Å². The summed E-state index contributed by atoms with van der Waals surface area (Å²) >= 11 is 0. The summed E-state index contributed by atoms with van der Waals surface area (Å²) in [7, 11) is 0. The summed E-state index contributed by atoms with van der Waals surface area (Å²) in [6, 6.07) is 12.2. The van der Waals surface area contributed by atoms with E-state index in [-0.39, 0.29) is 18.0 Å². The maximum Gasteiger partial charge on any atom is 0.416 e. The zero-order chi connectivity index (χ0) is 18.0. The van der Waals surface area contributed by atoms with E-state index in [1.165, 1.54) is 12.1 Å². The van der Waals surface area contributed by atoms with Gasteiger partial charge in [-0.05, 0) is 37.3 Å². The molecule has 0 fully saturated rings. The molecule has 0 aliphatic rings. The summed E-state index contributed by atoms with van der Waals surface area (Å²) in [4.78, 5) is 16.5. The highest BCUT2D eigenvalue weighted by Gasteiger charge is 2.30. The number of nitrogens with zero attached hydrogens (tertiary/aromatic N) is 2. The fourth-order valence-corrected chi connectivity index (χ4v) is 2.69. The summed E-state index contributed by atoms with van der Waals surface area (Å²) in [5.41, 5.74) is 1.11. The number of hydrogen-bond acceptors (Lipinski definition) is 2. The number of hydrogen-bond donors (Lipinski definition) is 1. The highest BCUT2D eigenvalue weighted by molar-refractivity contribution is 5.90. The number of rotatable bonds is 4. The minimum atomic E-state index is -4.44. The predicted molar refractivity (Wildman–Crippen MR) is 89.2 cm³/mol. The molecule has 25 heavy (non-hydrogen) atoms. The third kappa shape index (κ3) is 3.81. The molecule has 0 saturated carbocycles. The molecule has 4 nitrogen and oxygen atoms in total. The van der Waals surface area contributed by atoms with Crippen LogP contribution in [0.15, 0.2) is 48.5 Å². The highest BCUT2D eigenvalue weighted by atomic mass is 19.4. The molecule has 3 aromatic rings. The number of imidazole rings is 1. The van der Waals surface area contributed by atoms with Crippen LogP contribution in [0.4, 0.5) is 18.9 Å². The van der Waals surface area contributed by atoms with E-state index in [0.29, 0.717) is 6.54 Å². The van der Waals surface area contributed by atoms with Crippen molar-refractivity contribution in [3.05, 3.63) is 59.9 Å². The monoisotopic (exact) mass is 347 g/mol. The summed E-state index contributed by atoms with van der Waals surface area (Å²) in [5, 5.41) is 2.51. The molecule has 1 amide bonds. The summed E-state index contributed by atoms with van der Waals surface area (Å²) < 4.78 is 40.0. The van der Waals surface area contributed by atoms with Gasteiger partial charge in [-0.1, -0.05) is 18.2 Å². The molecule has 0 aliphatic carbocycles. The zero-order valence-corrected chi connectivity index (χ0v) is 13.5. The Morgan fingerprint density at radius 3 is 2.68 bits per heavy atom. The molecule has 0 atom stereocenters. The van der Waals surface area contributed by atoms with E-state index in [2.05, 4.69) is 10.3 Å². The molecule has 1 heterocycles. The van der Waals surface area contributed by atoms with Crippen LogP contribution in [0.2, 0.25) is 0 Å². The van der Waals surface area contributed by atoms with E-state index in [0.717, 1.165) is 29.0 Å². The van der Waals surface area contributed by atoms with Gasteiger partial charge in [0.1, 0.15) is 5.82 Å². The number of para-hydroxylation sites is 2. The maximum absolute atomic E-state index is 12.7. The van der Waals surface area contributed by atoms with Gasteiger partial charge in [-0.3, -0.25) is 4.79 Å². The van der Waals surface area contributed by atoms with Gasteiger partial charge >= 0.3 is 6.18 Å². The smallest absolute Gasteiger partial charge is 0.328 e. The number of amides is 1. The second-order valence-electron chi connectivity index (χ2n) is 5.68. The van der Waals surface area contributed by atoms with Crippen LogP contribution >= 0.6 is 0 Å². The molecule has 7 heteroatoms. The first-order valence-electron chi connectivity index (χ1n) is 7.73. The average molecular weight is 347 g/mol. The number of aromatic nitrogens is 2. The van der Waals surface area contributed by atoms with Crippen molar-refractivity contribution in [1.29, 1.82) is 0 Å². The number of alkyl halides is 3. The van der Waals surface area contributed by atoms with Crippen LogP contribution < -0.4 is 5.32 Å². The molecule has 1 N–H and O–H groups in total. The SMILES string of the molecule is Cc1nc2ccccc2n1CCC(=O)Nc1cccc(C(F)(F)F)c1. The quantitative estimate of drug-likeness (QED) is 0.761. The van der Waals surface area contributed by atoms with Gasteiger partial charge in [0, 0.05) is 18.7 Å². The summed E-state index contributed by atoms with van der Waals surface area (Å²) in [6.45, 7) is 2.25. The van der Waals surface area contributed by atoms with E-state index in [9.17, 15) is 18.0 Å². The normalized spacial score (nSPS) is 11.7. The second-order valence-corrected chi connectivity index (χ2v) is 5.68. The molecule has 0 unspecified atom stereocenters. The molecule has 0 saturated heterocycles. The van der Waals surface area contributed by atoms with Gasteiger partial charge < -0.3 is 9.88 Å². The Morgan fingerprint density at radius 1 is 1.16 bits per heavy atom. The Kier molecular flexibility index (Phi) is 4.48. The Balaban J connectivity index is 1.68. The molecule has 1 aromatic heterocycles. The number of carbonyl (C=O) groups excluding carboxylic acids is 1. The molecule has 130 valence electrons. The lowest BCUT2D eigenvalue weighted by Gasteiger charge is -2.11. The summed E-state index contributed by atoms with van der Waals surface area (Å²) in [5.74, 6) is 0.435. The van der Waals surface area contributed by atoms with Crippen LogP contribution in [0.3, 0.4) is 0 Å². The Labute approximate surface area is 142 Å². The average Bonchev–Trinajstić information content (AvgIpc) is 2.87. The minimum Gasteiger partial charge on any atom is -0.328 e. The third-order valence-electron chi connectivity index (χ3n) is 3.88. The summed E-state index contributed by atoms with van der Waals surface area (Å²) in [6.07, 6.45) is -4.30. The predicted octanol–water partition coefficient (Wildman–Crippen LogP) is 4.39. The van der Waals surface area contributed by atoms with Gasteiger partial charge in [0.05, 0.1) is 16.6 Å². The van der Waals surface area contributed by atoms with Crippen LogP contribution in [0.25, 0.3) is 11.0 Å². The number of nitrogens with one attached hydrogen (secondary N) is 1. The van der Waals surface area contributed by atoms with Crippen LogP contribution in [0, 0.1) is 6.92 Å². The Hall–Kier alpha value is -2.83. The van der Waals surface area contributed by atoms with Crippen molar-refractivity contribution in [3.8, 4) is 0 Å². The van der Waals surface area contributed by atoms with Crippen molar-refractivity contribution in [2.45, 2.75) is 26.1 Å². The standard InChI is InChI=1S/C18H16F3N3O/c1-12-22-15-7-2-3-8-16(15)24(12)10-9-17(25)23-14-6-4-5-13(11-14)18(19,20)21/h2-8,11H,9-10H2,1H3,(H,23,25). The number of benzene rings is 2. The van der Waals surface area contributed by atoms with Gasteiger partial charge in [-0.2, -0.15) is 13.2 Å². The van der Waals surface area contributed by atoms with Gasteiger partial charge in [0.25, 0.3) is 0 Å². The van der Waals surface area contributed by atoms with Crippen molar-refractivity contribution in [2.24, 2.45) is 0 Å². The molecular weight excluding hydrogens is 331 g/mol. The lowest BCUT2D eigenvalue weighted by atomic mass is 10.2. The first kappa shape index (κ1) is 17.0. The molecule has 0 bridgehead atoms. The minimum absolute atomic E-state index is 0.132. The Morgan fingerprint density at radius 2 is 1.92 bits per heavy atom. The van der Waals surface area contributed by atoms with Crippen LogP contribution in [0.5, 0.6) is 0 Å². The first-order valence-corrected chi connectivity index (χ1v) is 7.73. The number of halogens is 3. The molecular formula is C18H16F3N3O. The van der Waals surface area contributed by atoms with Crippen LogP contribution in [0.1, 0.15) is 17.8 Å². The number of aryl methyl sites for hydroxylation is 2. The van der Waals surface area contributed by atoms with Gasteiger partial charge in [-0.15, -0.1) is 0 Å². The van der Waals surface area contributed by atoms with Gasteiger partial charge in [-0.25, -0.2) is 4.98 Å². The van der Waals surface area contributed by atoms with Crippen LogP contribution in [-0.2, 0) is 17.5 Å². The van der Waals surface area contributed by atoms with E-state index >= 15 is 0 Å². The van der Waals surface area contributed by atoms with Crippen molar-refractivity contribution >= 4 is 22.6 Å². The number of carbonyl (C=O) groups is 1. The molecule has 3 rings (SSSR count). The molecule has 0 spiro atoms. The van der Waals surface area contributed by atoms with E-state index in [4.69, 9.17) is 0 Å². The third-order valence-corrected chi connectivity index (χ3v) is 3.88. The maximum atomic E-state index is 12.7. The lowest BCUT2D eigenvalue weighted by molar-refractivity contribution is -0.137. The fourth-order valence-electron chi connectivity index (χ4n) is 2.69. The van der Waals surface area contributed by atoms with Gasteiger partial charge in [0.2, 0.25) is 5.91 Å². The molecule has 2 aromatic carbocycles. The molecule has 0 radical (unpaired) electrons. The topological polar surface area (TPSA) is 46.9 Å². The second kappa shape index (κ2) is 6.58. The van der Waals surface area contributed by atoms with E-state index in [1.807, 2.05) is 35.8 Å². The van der Waals surface area contributed by atoms with Crippen molar-refractivity contribution in [3.63, 3.8) is 0 Å². The lowest BCUT2D eigenvalue weighted by Crippen LogP contribution is -2.15. The largest absolute Gasteiger partial charge is 0.416 e. The van der Waals surface area contributed by atoms with E-state index in [1.54, 1.807) is 0 Å². The van der Waals surface area contributed by atoms with Crippen LogP contribution in [-0.4, -0.2) is 15.5 Å².